The van der Waals surface area contributed by atoms with Crippen LogP contribution in [0.2, 0.25) is 0 Å². The number of carbonyl (C=O) groups is 1. The third-order valence-corrected chi connectivity index (χ3v) is 3.37. The van der Waals surface area contributed by atoms with Crippen molar-refractivity contribution < 1.29 is 28.0 Å². The maximum atomic E-state index is 12.7. The summed E-state index contributed by atoms with van der Waals surface area (Å²) < 4.78 is 30.7. The fourth-order valence-electron chi connectivity index (χ4n) is 2.24. The maximum Gasteiger partial charge on any atom is 0.547 e. The van der Waals surface area contributed by atoms with E-state index in [0.717, 1.165) is 6.92 Å². The summed E-state index contributed by atoms with van der Waals surface area (Å²) in [5.74, 6) is -4.03. The Morgan fingerprint density at radius 1 is 1.59 bits per heavy atom. The van der Waals surface area contributed by atoms with Crippen molar-refractivity contribution in [3.05, 3.63) is 29.3 Å². The molecule has 0 fully saturated rings. The van der Waals surface area contributed by atoms with Crippen molar-refractivity contribution in [1.29, 1.82) is 0 Å². The average molecular weight is 310 g/mol. The summed E-state index contributed by atoms with van der Waals surface area (Å²) in [7, 11) is -1.35. The number of halogens is 2. The zero-order valence-corrected chi connectivity index (χ0v) is 11.9. The molecule has 1 heterocycles. The van der Waals surface area contributed by atoms with Gasteiger partial charge in [0.1, 0.15) is 5.75 Å². The summed E-state index contributed by atoms with van der Waals surface area (Å²) in [5, 5.41) is 12.4. The molecule has 117 valence electrons. The Kier molecular flexibility index (Phi) is 4.80. The van der Waals surface area contributed by atoms with Crippen LogP contribution in [0.3, 0.4) is 0 Å². The van der Waals surface area contributed by atoms with Crippen molar-refractivity contribution in [2.75, 3.05) is 0 Å². The molecule has 0 saturated heterocycles. The van der Waals surface area contributed by atoms with Crippen molar-refractivity contribution >= 4 is 19.3 Å². The lowest BCUT2D eigenvalue weighted by atomic mass is 9.72. The van der Waals surface area contributed by atoms with E-state index in [2.05, 4.69) is 5.32 Å². The lowest BCUT2D eigenvalue weighted by Gasteiger charge is -2.28. The summed E-state index contributed by atoms with van der Waals surface area (Å²) in [6.45, 7) is 0.743. The van der Waals surface area contributed by atoms with Gasteiger partial charge in [-0.15, -0.1) is 0 Å². The van der Waals surface area contributed by atoms with E-state index in [9.17, 15) is 23.4 Å². The Morgan fingerprint density at radius 2 is 2.32 bits per heavy atom. The molecule has 5 nitrogen and oxygen atoms in total. The van der Waals surface area contributed by atoms with Crippen LogP contribution >= 0.6 is 0 Å². The van der Waals surface area contributed by atoms with Gasteiger partial charge < -0.3 is 15.0 Å². The molecule has 0 bridgehead atoms. The van der Waals surface area contributed by atoms with Crippen LogP contribution in [-0.4, -0.2) is 36.2 Å². The Bertz CT molecular complexity index is 576. The van der Waals surface area contributed by atoms with E-state index in [-0.39, 0.29) is 24.2 Å². The molecule has 1 atom stereocenters. The first kappa shape index (κ1) is 16.4. The van der Waals surface area contributed by atoms with Gasteiger partial charge in [0.15, 0.2) is 0 Å². The van der Waals surface area contributed by atoms with Gasteiger partial charge in [0, 0.05) is 12.8 Å². The predicted molar refractivity (Wildman–Crippen MR) is 75.3 cm³/mol. The zero-order chi connectivity index (χ0) is 16.3. The smallest absolute Gasteiger partial charge is 0.534 e. The second kappa shape index (κ2) is 6.43. The molecular formula is C14H15BF2NO4. The number of amides is 1. The lowest BCUT2D eigenvalue weighted by Crippen LogP contribution is -2.53. The molecule has 1 aromatic carbocycles. The number of rotatable bonds is 5. The highest BCUT2D eigenvalue weighted by molar-refractivity contribution is 6.47. The Morgan fingerprint density at radius 3 is 2.95 bits per heavy atom. The standard InChI is InChI=1S/C14H15BF2NO4/c1-14(16,17)6-5-12(20)18-11-7-9-3-2-4-10(8-19)13(9)22-15(11)21/h2-4,11,21H,5-7H2,1H3,(H,18,20)/t11-/m0/s1. The van der Waals surface area contributed by atoms with Crippen LogP contribution in [-0.2, 0) is 16.0 Å². The zero-order valence-electron chi connectivity index (χ0n) is 11.9. The van der Waals surface area contributed by atoms with Crippen LogP contribution in [0.25, 0.3) is 0 Å². The molecule has 1 amide bonds. The first-order valence-corrected chi connectivity index (χ1v) is 6.82. The highest BCUT2D eigenvalue weighted by atomic mass is 19.3. The third kappa shape index (κ3) is 4.04. The molecule has 0 unspecified atom stereocenters. The van der Waals surface area contributed by atoms with Crippen LogP contribution in [0.4, 0.5) is 8.78 Å². The minimum absolute atomic E-state index is 0.187. The van der Waals surface area contributed by atoms with Crippen molar-refractivity contribution in [3.8, 4) is 5.75 Å². The number of carbonyl (C=O) groups excluding carboxylic acids is 2. The van der Waals surface area contributed by atoms with Crippen LogP contribution < -0.4 is 9.97 Å². The van der Waals surface area contributed by atoms with Gasteiger partial charge >= 0.3 is 7.12 Å². The second-order valence-corrected chi connectivity index (χ2v) is 5.35. The fourth-order valence-corrected chi connectivity index (χ4v) is 2.24. The van der Waals surface area contributed by atoms with E-state index in [4.69, 9.17) is 4.65 Å². The molecule has 1 aliphatic heterocycles. The van der Waals surface area contributed by atoms with E-state index >= 15 is 0 Å². The van der Waals surface area contributed by atoms with Crippen molar-refractivity contribution in [2.45, 2.75) is 38.0 Å². The molecule has 0 aromatic heterocycles. The highest BCUT2D eigenvalue weighted by Crippen LogP contribution is 2.29. The largest absolute Gasteiger partial charge is 0.547 e. The average Bonchev–Trinajstić information content (AvgIpc) is 2.44. The van der Waals surface area contributed by atoms with Gasteiger partial charge in [-0.3, -0.25) is 9.59 Å². The number of alkyl halides is 2. The van der Waals surface area contributed by atoms with Crippen molar-refractivity contribution in [3.63, 3.8) is 0 Å². The number of hydrogen-bond acceptors (Lipinski definition) is 4. The number of hydrogen-bond donors (Lipinski definition) is 2. The summed E-state index contributed by atoms with van der Waals surface area (Å²) in [6.07, 6.45) is 1.04. The van der Waals surface area contributed by atoms with Gasteiger partial charge in [0.2, 0.25) is 18.1 Å². The van der Waals surface area contributed by atoms with E-state index in [0.29, 0.717) is 5.56 Å². The molecular weight excluding hydrogens is 295 g/mol. The van der Waals surface area contributed by atoms with Crippen LogP contribution in [0.5, 0.6) is 5.75 Å². The van der Waals surface area contributed by atoms with Crippen LogP contribution in [0.1, 0.15) is 30.9 Å². The summed E-state index contributed by atoms with van der Waals surface area (Å²) in [4.78, 5) is 22.5. The number of nitrogens with one attached hydrogen (secondary N) is 1. The maximum absolute atomic E-state index is 12.7. The number of benzene rings is 1. The lowest BCUT2D eigenvalue weighted by molar-refractivity contribution is -0.123. The van der Waals surface area contributed by atoms with E-state index in [1.54, 1.807) is 18.4 Å². The minimum atomic E-state index is -2.92. The quantitative estimate of drug-likeness (QED) is 0.796. The monoisotopic (exact) mass is 310 g/mol. The summed E-state index contributed by atoms with van der Waals surface area (Å²) in [5.41, 5.74) is 0.823. The van der Waals surface area contributed by atoms with Crippen LogP contribution in [0, 0.1) is 0 Å². The fraction of sp³-hybridized carbons (Fsp3) is 0.429. The van der Waals surface area contributed by atoms with Crippen molar-refractivity contribution in [2.24, 2.45) is 0 Å². The van der Waals surface area contributed by atoms with E-state index in [1.807, 2.05) is 0 Å². The van der Waals surface area contributed by atoms with Gasteiger partial charge in [0.25, 0.3) is 0 Å². The van der Waals surface area contributed by atoms with E-state index < -0.39 is 31.3 Å². The predicted octanol–water partition coefficient (Wildman–Crippen LogP) is 1.02. The van der Waals surface area contributed by atoms with Gasteiger partial charge in [-0.2, -0.15) is 0 Å². The van der Waals surface area contributed by atoms with Gasteiger partial charge in [0.05, 0.1) is 11.5 Å². The minimum Gasteiger partial charge on any atom is -0.534 e. The van der Waals surface area contributed by atoms with Crippen molar-refractivity contribution in [1.82, 2.24) is 5.32 Å². The SMILES string of the molecule is CC(F)(F)CCC(=O)N[C@H]1Cc2cccc([C]=O)c2OB1O. The molecule has 1 aliphatic rings. The third-order valence-electron chi connectivity index (χ3n) is 3.37. The van der Waals surface area contributed by atoms with Gasteiger partial charge in [-0.25, -0.2) is 8.78 Å². The van der Waals surface area contributed by atoms with Gasteiger partial charge in [-0.1, -0.05) is 12.1 Å². The molecule has 1 radical (unpaired) electrons. The second-order valence-electron chi connectivity index (χ2n) is 5.35. The van der Waals surface area contributed by atoms with Gasteiger partial charge in [-0.05, 0) is 25.0 Å². The Labute approximate surface area is 126 Å². The molecule has 22 heavy (non-hydrogen) atoms. The normalized spacial score (nSPS) is 17.5. The number of para-hydroxylation sites is 1. The molecule has 2 N–H and O–H groups in total. The molecule has 0 aliphatic carbocycles. The molecule has 1 aromatic rings. The topological polar surface area (TPSA) is 75.6 Å². The first-order chi connectivity index (χ1) is 10.3. The molecule has 2 rings (SSSR count). The Hall–Kier alpha value is -1.96. The molecule has 8 heteroatoms. The molecule has 0 saturated carbocycles. The van der Waals surface area contributed by atoms with Crippen LogP contribution in [0.15, 0.2) is 18.2 Å². The van der Waals surface area contributed by atoms with E-state index in [1.165, 1.54) is 6.07 Å². The summed E-state index contributed by atoms with van der Waals surface area (Å²) >= 11 is 0. The molecule has 0 spiro atoms. The highest BCUT2D eigenvalue weighted by Gasteiger charge is 2.37. The first-order valence-electron chi connectivity index (χ1n) is 6.82. The summed E-state index contributed by atoms with van der Waals surface area (Å²) in [6, 6.07) is 4.83. The Balaban J connectivity index is 2.02. The number of fused-ring (bicyclic) bond motifs is 1.